The number of amides is 1. The zero-order valence-electron chi connectivity index (χ0n) is 5.24. The molecule has 2 rings (SSSR count). The molecule has 0 fully saturated rings. The number of nitrogens with one attached hydrogen (secondary N) is 2. The summed E-state index contributed by atoms with van der Waals surface area (Å²) in [5.74, 6) is -0.0208. The SMILES string of the molecule is O=C1NC=CN2C=CNC12. The van der Waals surface area contributed by atoms with E-state index in [4.69, 9.17) is 0 Å². The minimum absolute atomic E-state index is 0.0208. The van der Waals surface area contributed by atoms with Gasteiger partial charge in [0.1, 0.15) is 0 Å². The van der Waals surface area contributed by atoms with Gasteiger partial charge in [0.25, 0.3) is 5.91 Å². The molecule has 0 bridgehead atoms. The first kappa shape index (κ1) is 5.34. The molecule has 52 valence electrons. The number of nitrogens with zero attached hydrogens (tertiary/aromatic N) is 1. The topological polar surface area (TPSA) is 44.4 Å². The highest BCUT2D eigenvalue weighted by Gasteiger charge is 2.26. The van der Waals surface area contributed by atoms with E-state index >= 15 is 0 Å². The largest absolute Gasteiger partial charge is 0.362 e. The third-order valence-corrected chi connectivity index (χ3v) is 1.52. The number of fused-ring (bicyclic) bond motifs is 1. The maximum Gasteiger partial charge on any atom is 0.267 e. The van der Waals surface area contributed by atoms with E-state index in [1.807, 2.05) is 12.4 Å². The van der Waals surface area contributed by atoms with E-state index < -0.39 is 0 Å². The lowest BCUT2D eigenvalue weighted by Gasteiger charge is -2.23. The van der Waals surface area contributed by atoms with E-state index in [1.54, 1.807) is 17.3 Å². The Hall–Kier alpha value is -1.45. The molecule has 0 saturated heterocycles. The van der Waals surface area contributed by atoms with Crippen molar-refractivity contribution in [3.63, 3.8) is 0 Å². The zero-order chi connectivity index (χ0) is 6.97. The number of hydrogen-bond acceptors (Lipinski definition) is 3. The van der Waals surface area contributed by atoms with E-state index in [9.17, 15) is 4.79 Å². The van der Waals surface area contributed by atoms with Crippen molar-refractivity contribution < 1.29 is 4.79 Å². The van der Waals surface area contributed by atoms with Crippen molar-refractivity contribution in [2.45, 2.75) is 6.17 Å². The molecule has 2 heterocycles. The van der Waals surface area contributed by atoms with Crippen LogP contribution in [0.5, 0.6) is 0 Å². The van der Waals surface area contributed by atoms with Crippen LogP contribution in [0.25, 0.3) is 0 Å². The third-order valence-electron chi connectivity index (χ3n) is 1.52. The molecule has 4 heteroatoms. The van der Waals surface area contributed by atoms with Gasteiger partial charge in [-0.3, -0.25) is 4.79 Å². The van der Waals surface area contributed by atoms with Crippen molar-refractivity contribution in [2.75, 3.05) is 0 Å². The van der Waals surface area contributed by atoms with E-state index in [0.717, 1.165) is 0 Å². The molecule has 1 amide bonds. The fourth-order valence-corrected chi connectivity index (χ4v) is 1.02. The van der Waals surface area contributed by atoms with Crippen LogP contribution in [0, 0.1) is 0 Å². The van der Waals surface area contributed by atoms with Gasteiger partial charge in [-0.05, 0) is 0 Å². The van der Waals surface area contributed by atoms with E-state index in [-0.39, 0.29) is 12.1 Å². The van der Waals surface area contributed by atoms with Gasteiger partial charge in [0.15, 0.2) is 6.17 Å². The lowest BCUT2D eigenvalue weighted by atomic mass is 10.4. The molecular weight excluding hydrogens is 130 g/mol. The number of rotatable bonds is 0. The fourth-order valence-electron chi connectivity index (χ4n) is 1.02. The first-order valence-electron chi connectivity index (χ1n) is 3.05. The van der Waals surface area contributed by atoms with Crippen LogP contribution in [0.4, 0.5) is 0 Å². The van der Waals surface area contributed by atoms with Crippen molar-refractivity contribution in [2.24, 2.45) is 0 Å². The second kappa shape index (κ2) is 1.76. The summed E-state index contributed by atoms with van der Waals surface area (Å²) in [5.41, 5.74) is 0. The molecule has 0 aromatic rings. The van der Waals surface area contributed by atoms with Gasteiger partial charge >= 0.3 is 0 Å². The smallest absolute Gasteiger partial charge is 0.267 e. The Balaban J connectivity index is 2.27. The molecule has 4 nitrogen and oxygen atoms in total. The lowest BCUT2D eigenvalue weighted by molar-refractivity contribution is -0.124. The summed E-state index contributed by atoms with van der Waals surface area (Å²) in [5, 5.41) is 5.48. The van der Waals surface area contributed by atoms with Gasteiger partial charge in [-0.1, -0.05) is 0 Å². The predicted octanol–water partition coefficient (Wildman–Crippen LogP) is -0.710. The summed E-state index contributed by atoms with van der Waals surface area (Å²) in [6.07, 6.45) is 6.77. The van der Waals surface area contributed by atoms with Crippen LogP contribution in [0.2, 0.25) is 0 Å². The van der Waals surface area contributed by atoms with Crippen LogP contribution in [-0.4, -0.2) is 17.0 Å². The monoisotopic (exact) mass is 137 g/mol. The van der Waals surface area contributed by atoms with E-state index in [2.05, 4.69) is 10.6 Å². The van der Waals surface area contributed by atoms with Crippen molar-refractivity contribution in [1.82, 2.24) is 15.5 Å². The molecule has 0 spiro atoms. The Kier molecular flexibility index (Phi) is 0.943. The molecule has 2 aliphatic rings. The average Bonchev–Trinajstić information content (AvgIpc) is 2.36. The van der Waals surface area contributed by atoms with Gasteiger partial charge in [0.2, 0.25) is 0 Å². The fraction of sp³-hybridized carbons (Fsp3) is 0.167. The molecule has 1 unspecified atom stereocenters. The highest BCUT2D eigenvalue weighted by molar-refractivity contribution is 5.83. The third kappa shape index (κ3) is 0.586. The molecule has 0 aliphatic carbocycles. The second-order valence-corrected chi connectivity index (χ2v) is 2.16. The minimum Gasteiger partial charge on any atom is -0.362 e. The summed E-state index contributed by atoms with van der Waals surface area (Å²) in [7, 11) is 0. The number of carbonyl (C=O) groups is 1. The molecule has 0 aromatic carbocycles. The standard InChI is InChI=1S/C6H7N3O/c10-6-5-7-1-3-9(5)4-2-8-6/h1-5,7H,(H,8,10). The quantitative estimate of drug-likeness (QED) is 0.463. The summed E-state index contributed by atoms with van der Waals surface area (Å²) in [6, 6.07) is 0. The molecule has 10 heavy (non-hydrogen) atoms. The Morgan fingerprint density at radius 3 is 3.00 bits per heavy atom. The Morgan fingerprint density at radius 1 is 1.40 bits per heavy atom. The van der Waals surface area contributed by atoms with E-state index in [1.165, 1.54) is 0 Å². The highest BCUT2D eigenvalue weighted by Crippen LogP contribution is 2.07. The first-order chi connectivity index (χ1) is 4.88. The molecular formula is C6H7N3O. The first-order valence-corrected chi connectivity index (χ1v) is 3.05. The van der Waals surface area contributed by atoms with Crippen LogP contribution in [0.15, 0.2) is 24.8 Å². The Morgan fingerprint density at radius 2 is 2.20 bits per heavy atom. The summed E-state index contributed by atoms with van der Waals surface area (Å²) in [4.78, 5) is 12.8. The van der Waals surface area contributed by atoms with Crippen molar-refractivity contribution in [3.05, 3.63) is 24.8 Å². The summed E-state index contributed by atoms with van der Waals surface area (Å²) >= 11 is 0. The lowest BCUT2D eigenvalue weighted by Crippen LogP contribution is -2.48. The molecule has 0 aromatic heterocycles. The maximum atomic E-state index is 11.0. The summed E-state index contributed by atoms with van der Waals surface area (Å²) in [6.45, 7) is 0. The highest BCUT2D eigenvalue weighted by atomic mass is 16.2. The van der Waals surface area contributed by atoms with Crippen LogP contribution in [0.3, 0.4) is 0 Å². The zero-order valence-corrected chi connectivity index (χ0v) is 5.24. The maximum absolute atomic E-state index is 11.0. The molecule has 0 radical (unpaired) electrons. The molecule has 2 N–H and O–H groups in total. The van der Waals surface area contributed by atoms with Crippen molar-refractivity contribution in [3.8, 4) is 0 Å². The van der Waals surface area contributed by atoms with Crippen molar-refractivity contribution in [1.29, 1.82) is 0 Å². The van der Waals surface area contributed by atoms with Gasteiger partial charge in [-0.25, -0.2) is 0 Å². The van der Waals surface area contributed by atoms with E-state index in [0.29, 0.717) is 0 Å². The molecule has 1 atom stereocenters. The van der Waals surface area contributed by atoms with Gasteiger partial charge < -0.3 is 15.5 Å². The molecule has 2 aliphatic heterocycles. The van der Waals surface area contributed by atoms with Gasteiger partial charge in [0.05, 0.1) is 0 Å². The Labute approximate surface area is 58.2 Å². The predicted molar refractivity (Wildman–Crippen MR) is 35.2 cm³/mol. The minimum atomic E-state index is -0.231. The number of hydrogen-bond donors (Lipinski definition) is 2. The van der Waals surface area contributed by atoms with Crippen LogP contribution in [-0.2, 0) is 4.79 Å². The summed E-state index contributed by atoms with van der Waals surface area (Å²) < 4.78 is 0. The van der Waals surface area contributed by atoms with Crippen molar-refractivity contribution >= 4 is 5.91 Å². The van der Waals surface area contributed by atoms with Gasteiger partial charge in [-0.2, -0.15) is 0 Å². The average molecular weight is 137 g/mol. The second-order valence-electron chi connectivity index (χ2n) is 2.16. The van der Waals surface area contributed by atoms with Crippen LogP contribution < -0.4 is 10.6 Å². The number of carbonyl (C=O) groups excluding carboxylic acids is 1. The normalized spacial score (nSPS) is 27.8. The Bertz CT molecular complexity index is 221. The van der Waals surface area contributed by atoms with Gasteiger partial charge in [0, 0.05) is 24.8 Å². The van der Waals surface area contributed by atoms with Crippen LogP contribution >= 0.6 is 0 Å². The van der Waals surface area contributed by atoms with Gasteiger partial charge in [-0.15, -0.1) is 0 Å². The molecule has 0 saturated carbocycles. The van der Waals surface area contributed by atoms with Crippen LogP contribution in [0.1, 0.15) is 0 Å².